The Kier molecular flexibility index (Phi) is 2.00. The lowest BCUT2D eigenvalue weighted by Gasteiger charge is -2.05. The van der Waals surface area contributed by atoms with Crippen LogP contribution in [0.25, 0.3) is 0 Å². The van der Waals surface area contributed by atoms with E-state index in [9.17, 15) is 22.4 Å². The summed E-state index contributed by atoms with van der Waals surface area (Å²) in [7, 11) is 0. The van der Waals surface area contributed by atoms with E-state index < -0.39 is 18.3 Å². The molecule has 2 nitrogen and oxygen atoms in total. The molecular formula is C3H2F4O2. The summed E-state index contributed by atoms with van der Waals surface area (Å²) in [6.07, 6.45) is -9.05. The fourth-order valence-corrected chi connectivity index (χ4v) is 0.140. The molecule has 0 aliphatic rings. The van der Waals surface area contributed by atoms with E-state index in [-0.39, 0.29) is 0 Å². The van der Waals surface area contributed by atoms with Crippen molar-refractivity contribution >= 4 is 5.97 Å². The van der Waals surface area contributed by atoms with Gasteiger partial charge in [0.05, 0.1) is 0 Å². The lowest BCUT2D eigenvalue weighted by molar-refractivity contribution is -0.197. The first-order valence-electron chi connectivity index (χ1n) is 1.79. The zero-order valence-corrected chi connectivity index (χ0v) is 3.94. The van der Waals surface area contributed by atoms with Gasteiger partial charge in [-0.25, -0.2) is 9.18 Å². The fraction of sp³-hybridized carbons (Fsp3) is 0.667. The van der Waals surface area contributed by atoms with Crippen molar-refractivity contribution < 1.29 is 27.5 Å². The lowest BCUT2D eigenvalue weighted by Crippen LogP contribution is -2.32. The van der Waals surface area contributed by atoms with Gasteiger partial charge < -0.3 is 5.11 Å². The number of hydrogen-bond acceptors (Lipinski definition) is 1. The molecule has 0 aliphatic heterocycles. The van der Waals surface area contributed by atoms with Gasteiger partial charge in [-0.3, -0.25) is 0 Å². The van der Waals surface area contributed by atoms with E-state index in [0.717, 1.165) is 0 Å². The molecule has 0 aromatic rings. The molecule has 0 aliphatic carbocycles. The van der Waals surface area contributed by atoms with E-state index in [1.54, 1.807) is 0 Å². The maximum absolute atomic E-state index is 11.3. The van der Waals surface area contributed by atoms with Crippen molar-refractivity contribution in [3.05, 3.63) is 0 Å². The number of carbonyl (C=O) groups is 1. The fourth-order valence-electron chi connectivity index (χ4n) is 0.140. The molecule has 0 saturated carbocycles. The minimum Gasteiger partial charge on any atom is -0.479 e. The third-order valence-electron chi connectivity index (χ3n) is 0.504. The van der Waals surface area contributed by atoms with Crippen LogP contribution >= 0.6 is 0 Å². The van der Waals surface area contributed by atoms with Crippen LogP contribution in [-0.2, 0) is 4.79 Å². The average molecular weight is 146 g/mol. The number of carboxylic acid groups (broad SMARTS) is 1. The number of alkyl halides is 4. The highest BCUT2D eigenvalue weighted by molar-refractivity contribution is 5.73. The molecule has 0 saturated heterocycles. The summed E-state index contributed by atoms with van der Waals surface area (Å²) >= 11 is 0. The number of hydrogen-bond donors (Lipinski definition) is 1. The Morgan fingerprint density at radius 2 is 1.78 bits per heavy atom. The van der Waals surface area contributed by atoms with Gasteiger partial charge in [-0.15, -0.1) is 0 Å². The number of rotatable bonds is 1. The third-order valence-corrected chi connectivity index (χ3v) is 0.504. The van der Waals surface area contributed by atoms with Crippen LogP contribution in [0, 0.1) is 0 Å². The second-order valence-electron chi connectivity index (χ2n) is 1.24. The van der Waals surface area contributed by atoms with Crippen molar-refractivity contribution in [3.63, 3.8) is 0 Å². The van der Waals surface area contributed by atoms with Crippen LogP contribution < -0.4 is 0 Å². The summed E-state index contributed by atoms with van der Waals surface area (Å²) in [6, 6.07) is 0. The Morgan fingerprint density at radius 3 is 1.78 bits per heavy atom. The maximum atomic E-state index is 11.3. The summed E-state index contributed by atoms with van der Waals surface area (Å²) < 4.78 is 44.1. The molecule has 0 spiro atoms. The monoisotopic (exact) mass is 146 g/mol. The molecular weight excluding hydrogens is 144 g/mol. The van der Waals surface area contributed by atoms with Gasteiger partial charge in [0.2, 0.25) is 0 Å². The van der Waals surface area contributed by atoms with Crippen LogP contribution in [0.5, 0.6) is 0 Å². The zero-order chi connectivity index (χ0) is 7.65. The molecule has 0 amide bonds. The lowest BCUT2D eigenvalue weighted by atomic mass is 10.4. The third kappa shape index (κ3) is 2.29. The van der Waals surface area contributed by atoms with Gasteiger partial charge >= 0.3 is 12.1 Å². The van der Waals surface area contributed by atoms with E-state index in [1.165, 1.54) is 0 Å². The predicted molar refractivity (Wildman–Crippen MR) is 18.6 cm³/mol. The summed E-state index contributed by atoms with van der Waals surface area (Å²) in [4.78, 5) is 9.25. The standard InChI is InChI=1S/C3H2F4O2/c4-1(2(8)9)3(5,6)7/h1H,(H,8,9)/t1-/m0/s1. The topological polar surface area (TPSA) is 37.3 Å². The quantitative estimate of drug-likeness (QED) is 0.559. The Hall–Kier alpha value is -0.810. The summed E-state index contributed by atoms with van der Waals surface area (Å²) in [5, 5.41) is 7.42. The van der Waals surface area contributed by atoms with Crippen LogP contribution in [0.4, 0.5) is 17.6 Å². The van der Waals surface area contributed by atoms with Crippen LogP contribution in [0.2, 0.25) is 0 Å². The molecule has 0 fully saturated rings. The van der Waals surface area contributed by atoms with Crippen LogP contribution in [-0.4, -0.2) is 23.4 Å². The van der Waals surface area contributed by atoms with E-state index in [1.807, 2.05) is 0 Å². The van der Waals surface area contributed by atoms with E-state index in [2.05, 4.69) is 0 Å². The van der Waals surface area contributed by atoms with Gasteiger partial charge in [-0.1, -0.05) is 0 Å². The number of carboxylic acids is 1. The highest BCUT2D eigenvalue weighted by Gasteiger charge is 2.45. The maximum Gasteiger partial charge on any atom is 0.430 e. The molecule has 0 unspecified atom stereocenters. The first-order chi connectivity index (χ1) is 3.85. The van der Waals surface area contributed by atoms with Crippen molar-refractivity contribution in [1.82, 2.24) is 0 Å². The van der Waals surface area contributed by atoms with Gasteiger partial charge in [0, 0.05) is 0 Å². The van der Waals surface area contributed by atoms with Crippen molar-refractivity contribution in [1.29, 1.82) is 0 Å². The Balaban J connectivity index is 4.04. The molecule has 1 atom stereocenters. The average Bonchev–Trinajstić information content (AvgIpc) is 1.62. The Labute approximate surface area is 47.1 Å². The minimum atomic E-state index is -5.29. The SMILES string of the molecule is O=C(O)[C@H](F)C(F)(F)F. The van der Waals surface area contributed by atoms with Gasteiger partial charge in [-0.05, 0) is 0 Å². The van der Waals surface area contributed by atoms with E-state index in [0.29, 0.717) is 0 Å². The van der Waals surface area contributed by atoms with Gasteiger partial charge in [0.15, 0.2) is 0 Å². The molecule has 54 valence electrons. The van der Waals surface area contributed by atoms with Crippen molar-refractivity contribution in [2.45, 2.75) is 12.3 Å². The molecule has 0 aromatic heterocycles. The first-order valence-corrected chi connectivity index (χ1v) is 1.79. The smallest absolute Gasteiger partial charge is 0.430 e. The molecule has 0 aromatic carbocycles. The molecule has 0 heterocycles. The highest BCUT2D eigenvalue weighted by Crippen LogP contribution is 2.22. The van der Waals surface area contributed by atoms with Gasteiger partial charge in [0.25, 0.3) is 6.17 Å². The van der Waals surface area contributed by atoms with E-state index in [4.69, 9.17) is 5.11 Å². The Morgan fingerprint density at radius 1 is 1.44 bits per heavy atom. The molecule has 1 N–H and O–H groups in total. The predicted octanol–water partition coefficient (Wildman–Crippen LogP) is 0.971. The van der Waals surface area contributed by atoms with Crippen molar-refractivity contribution in [3.8, 4) is 0 Å². The Bertz CT molecular complexity index is 117. The van der Waals surface area contributed by atoms with E-state index >= 15 is 0 Å². The molecule has 9 heavy (non-hydrogen) atoms. The zero-order valence-electron chi connectivity index (χ0n) is 3.94. The second kappa shape index (κ2) is 2.20. The highest BCUT2D eigenvalue weighted by atomic mass is 19.4. The van der Waals surface area contributed by atoms with Crippen LogP contribution in [0.3, 0.4) is 0 Å². The van der Waals surface area contributed by atoms with Gasteiger partial charge in [-0.2, -0.15) is 13.2 Å². The summed E-state index contributed by atoms with van der Waals surface area (Å²) in [6.45, 7) is 0. The van der Waals surface area contributed by atoms with Crippen molar-refractivity contribution in [2.24, 2.45) is 0 Å². The van der Waals surface area contributed by atoms with Crippen LogP contribution in [0.15, 0.2) is 0 Å². The first kappa shape index (κ1) is 8.19. The molecule has 6 heteroatoms. The van der Waals surface area contributed by atoms with Gasteiger partial charge in [0.1, 0.15) is 0 Å². The minimum absolute atomic E-state index is 2.51. The molecule has 0 rings (SSSR count). The summed E-state index contributed by atoms with van der Waals surface area (Å²) in [5.74, 6) is -2.51. The molecule has 0 radical (unpaired) electrons. The largest absolute Gasteiger partial charge is 0.479 e. The van der Waals surface area contributed by atoms with Crippen molar-refractivity contribution in [2.75, 3.05) is 0 Å². The second-order valence-corrected chi connectivity index (χ2v) is 1.24. The number of aliphatic carboxylic acids is 1. The number of halogens is 4. The summed E-state index contributed by atoms with van der Waals surface area (Å²) in [5.41, 5.74) is 0. The molecule has 0 bridgehead atoms. The normalized spacial score (nSPS) is 15.1. The van der Waals surface area contributed by atoms with Crippen LogP contribution in [0.1, 0.15) is 0 Å².